The Bertz CT molecular complexity index is 535. The van der Waals surface area contributed by atoms with Crippen molar-refractivity contribution in [3.05, 3.63) is 29.7 Å². The molecule has 6 nitrogen and oxygen atoms in total. The molecule has 0 bridgehead atoms. The van der Waals surface area contributed by atoms with Gasteiger partial charge in [-0.3, -0.25) is 4.68 Å². The van der Waals surface area contributed by atoms with Crippen molar-refractivity contribution < 1.29 is 0 Å². The third-order valence-corrected chi connectivity index (χ3v) is 3.20. The topological polar surface area (TPSA) is 81.6 Å². The fourth-order valence-corrected chi connectivity index (χ4v) is 2.14. The van der Waals surface area contributed by atoms with Gasteiger partial charge in [-0.05, 0) is 25.8 Å². The molecule has 0 aliphatic carbocycles. The fraction of sp³-hybridized carbons (Fsp3) is 0.500. The number of nitrogens with two attached hydrogens (primary N) is 1. The summed E-state index contributed by atoms with van der Waals surface area (Å²) in [6.45, 7) is 5.72. The van der Waals surface area contributed by atoms with Crippen LogP contribution in [0, 0.1) is 6.92 Å². The van der Waals surface area contributed by atoms with Crippen molar-refractivity contribution in [1.29, 1.82) is 0 Å². The van der Waals surface area contributed by atoms with Crippen LogP contribution < -0.4 is 11.1 Å². The smallest absolute Gasteiger partial charge is 0.222 e. The molecule has 2 rings (SSSR count). The summed E-state index contributed by atoms with van der Waals surface area (Å²) in [5.74, 6) is 1.18. The van der Waals surface area contributed by atoms with Gasteiger partial charge in [0, 0.05) is 30.2 Å². The molecule has 0 saturated heterocycles. The quantitative estimate of drug-likeness (QED) is 0.807. The first-order chi connectivity index (χ1) is 9.70. The summed E-state index contributed by atoms with van der Waals surface area (Å²) in [5, 5.41) is 7.52. The van der Waals surface area contributed by atoms with Gasteiger partial charge in [-0.25, -0.2) is 4.98 Å². The summed E-state index contributed by atoms with van der Waals surface area (Å²) >= 11 is 0. The van der Waals surface area contributed by atoms with E-state index < -0.39 is 0 Å². The van der Waals surface area contributed by atoms with Gasteiger partial charge in [-0.2, -0.15) is 10.1 Å². The molecule has 0 aliphatic heterocycles. The van der Waals surface area contributed by atoms with E-state index in [0.29, 0.717) is 5.95 Å². The van der Waals surface area contributed by atoms with Crippen molar-refractivity contribution in [2.75, 3.05) is 17.6 Å². The Kier molecular flexibility index (Phi) is 4.92. The first kappa shape index (κ1) is 14.3. The molecule has 0 atom stereocenters. The maximum Gasteiger partial charge on any atom is 0.222 e. The van der Waals surface area contributed by atoms with Gasteiger partial charge in [-0.1, -0.05) is 13.3 Å². The summed E-state index contributed by atoms with van der Waals surface area (Å²) in [6, 6.07) is 1.92. The molecule has 6 heteroatoms. The van der Waals surface area contributed by atoms with Crippen molar-refractivity contribution in [2.24, 2.45) is 0 Å². The van der Waals surface area contributed by atoms with Crippen LogP contribution in [0.2, 0.25) is 0 Å². The number of nitrogen functional groups attached to an aromatic ring is 1. The Hall–Kier alpha value is -2.11. The van der Waals surface area contributed by atoms with Crippen LogP contribution in [-0.4, -0.2) is 26.3 Å². The molecule has 0 fully saturated rings. The van der Waals surface area contributed by atoms with Crippen molar-refractivity contribution >= 4 is 11.8 Å². The number of aryl methyl sites for hydroxylation is 1. The lowest BCUT2D eigenvalue weighted by molar-refractivity contribution is 0.636. The predicted octanol–water partition coefficient (Wildman–Crippen LogP) is 2.02. The Balaban J connectivity index is 2.04. The van der Waals surface area contributed by atoms with Crippen molar-refractivity contribution in [1.82, 2.24) is 19.7 Å². The first-order valence-electron chi connectivity index (χ1n) is 7.05. The average Bonchev–Trinajstić information content (AvgIpc) is 2.91. The zero-order chi connectivity index (χ0) is 14.4. The molecule has 108 valence electrons. The standard InChI is InChI=1S/C14H22N6/c1-3-4-6-12-11(2)18-14(15)19-13(12)16-8-10-20-9-5-7-17-20/h5,7,9H,3-4,6,8,10H2,1-2H3,(H3,15,16,18,19). The average molecular weight is 274 g/mol. The van der Waals surface area contributed by atoms with Crippen LogP contribution in [0.4, 0.5) is 11.8 Å². The Labute approximate surface area is 119 Å². The summed E-state index contributed by atoms with van der Waals surface area (Å²) in [5.41, 5.74) is 7.88. The van der Waals surface area contributed by atoms with Crippen LogP contribution in [0.25, 0.3) is 0 Å². The molecule has 0 unspecified atom stereocenters. The van der Waals surface area contributed by atoms with Crippen molar-refractivity contribution in [3.63, 3.8) is 0 Å². The number of rotatable bonds is 7. The van der Waals surface area contributed by atoms with Gasteiger partial charge >= 0.3 is 0 Å². The number of nitrogens with zero attached hydrogens (tertiary/aromatic N) is 4. The lowest BCUT2D eigenvalue weighted by Crippen LogP contribution is -2.15. The number of hydrogen-bond acceptors (Lipinski definition) is 5. The predicted molar refractivity (Wildman–Crippen MR) is 80.5 cm³/mol. The minimum absolute atomic E-state index is 0.323. The summed E-state index contributed by atoms with van der Waals surface area (Å²) in [6.07, 6.45) is 6.98. The molecular weight excluding hydrogens is 252 g/mol. The number of unbranched alkanes of at least 4 members (excludes halogenated alkanes) is 1. The minimum Gasteiger partial charge on any atom is -0.368 e. The second-order valence-corrected chi connectivity index (χ2v) is 4.79. The highest BCUT2D eigenvalue weighted by molar-refractivity contribution is 5.49. The zero-order valence-corrected chi connectivity index (χ0v) is 12.1. The summed E-state index contributed by atoms with van der Waals surface area (Å²) < 4.78 is 1.89. The number of nitrogens with one attached hydrogen (secondary N) is 1. The molecule has 3 N–H and O–H groups in total. The van der Waals surface area contributed by atoms with E-state index in [1.807, 2.05) is 23.9 Å². The summed E-state index contributed by atoms with van der Waals surface area (Å²) in [4.78, 5) is 8.59. The molecule has 2 aromatic rings. The van der Waals surface area contributed by atoms with Crippen molar-refractivity contribution in [2.45, 2.75) is 39.7 Å². The van der Waals surface area contributed by atoms with E-state index in [-0.39, 0.29) is 0 Å². The molecular formula is C14H22N6. The van der Waals surface area contributed by atoms with E-state index in [1.54, 1.807) is 6.20 Å². The van der Waals surface area contributed by atoms with Gasteiger partial charge in [0.05, 0.1) is 6.54 Å². The highest BCUT2D eigenvalue weighted by Crippen LogP contribution is 2.19. The van der Waals surface area contributed by atoms with Gasteiger partial charge in [0.15, 0.2) is 0 Å². The molecule has 20 heavy (non-hydrogen) atoms. The van der Waals surface area contributed by atoms with Gasteiger partial charge in [-0.15, -0.1) is 0 Å². The third kappa shape index (κ3) is 3.69. The Morgan fingerprint density at radius 1 is 1.35 bits per heavy atom. The van der Waals surface area contributed by atoms with Gasteiger partial charge < -0.3 is 11.1 Å². The van der Waals surface area contributed by atoms with Crippen LogP contribution in [0.3, 0.4) is 0 Å². The van der Waals surface area contributed by atoms with Crippen LogP contribution in [-0.2, 0) is 13.0 Å². The number of hydrogen-bond donors (Lipinski definition) is 2. The van der Waals surface area contributed by atoms with Gasteiger partial charge in [0.2, 0.25) is 5.95 Å². The van der Waals surface area contributed by atoms with E-state index in [0.717, 1.165) is 43.9 Å². The first-order valence-corrected chi connectivity index (χ1v) is 7.05. The molecule has 2 aromatic heterocycles. The van der Waals surface area contributed by atoms with E-state index in [9.17, 15) is 0 Å². The van der Waals surface area contributed by atoms with Gasteiger partial charge in [0.25, 0.3) is 0 Å². The molecule has 0 aliphatic rings. The largest absolute Gasteiger partial charge is 0.368 e. The molecule has 0 spiro atoms. The van der Waals surface area contributed by atoms with E-state index in [2.05, 4.69) is 27.3 Å². The highest BCUT2D eigenvalue weighted by Gasteiger charge is 2.09. The SMILES string of the molecule is CCCCc1c(C)nc(N)nc1NCCn1cccn1. The Morgan fingerprint density at radius 2 is 2.20 bits per heavy atom. The van der Waals surface area contributed by atoms with Crippen LogP contribution >= 0.6 is 0 Å². The van der Waals surface area contributed by atoms with E-state index >= 15 is 0 Å². The van der Waals surface area contributed by atoms with Crippen LogP contribution in [0.1, 0.15) is 31.0 Å². The third-order valence-electron chi connectivity index (χ3n) is 3.20. The second kappa shape index (κ2) is 6.88. The molecule has 2 heterocycles. The molecule has 0 aromatic carbocycles. The van der Waals surface area contributed by atoms with E-state index in [4.69, 9.17) is 5.73 Å². The lowest BCUT2D eigenvalue weighted by Gasteiger charge is -2.13. The second-order valence-electron chi connectivity index (χ2n) is 4.79. The van der Waals surface area contributed by atoms with Crippen LogP contribution in [0.5, 0.6) is 0 Å². The van der Waals surface area contributed by atoms with E-state index in [1.165, 1.54) is 5.56 Å². The van der Waals surface area contributed by atoms with Gasteiger partial charge in [0.1, 0.15) is 5.82 Å². The fourth-order valence-electron chi connectivity index (χ4n) is 2.14. The van der Waals surface area contributed by atoms with Crippen LogP contribution in [0.15, 0.2) is 18.5 Å². The normalized spacial score (nSPS) is 10.7. The maximum atomic E-state index is 5.74. The monoisotopic (exact) mass is 274 g/mol. The zero-order valence-electron chi connectivity index (χ0n) is 12.1. The number of aromatic nitrogens is 4. The Morgan fingerprint density at radius 3 is 2.90 bits per heavy atom. The molecule has 0 saturated carbocycles. The molecule has 0 radical (unpaired) electrons. The maximum absolute atomic E-state index is 5.74. The molecule has 0 amide bonds. The minimum atomic E-state index is 0.323. The van der Waals surface area contributed by atoms with Crippen molar-refractivity contribution in [3.8, 4) is 0 Å². The lowest BCUT2D eigenvalue weighted by atomic mass is 10.1. The summed E-state index contributed by atoms with van der Waals surface area (Å²) in [7, 11) is 0. The number of anilines is 2. The highest BCUT2D eigenvalue weighted by atomic mass is 15.3.